The molecule has 0 spiro atoms. The molecule has 2 amide bonds. The lowest BCUT2D eigenvalue weighted by molar-refractivity contribution is -0.137. The first-order chi connectivity index (χ1) is 18.5. The van der Waals surface area contributed by atoms with Crippen LogP contribution in [0.5, 0.6) is 11.6 Å². The van der Waals surface area contributed by atoms with Crippen molar-refractivity contribution in [2.45, 2.75) is 20.0 Å². The highest BCUT2D eigenvalue weighted by molar-refractivity contribution is 7.22. The fraction of sp³-hybridized carbons (Fsp3) is 0.111. The van der Waals surface area contributed by atoms with Gasteiger partial charge in [-0.05, 0) is 49.7 Å². The fourth-order valence-corrected chi connectivity index (χ4v) is 4.08. The summed E-state index contributed by atoms with van der Waals surface area (Å²) >= 11 is 1.15. The average Bonchev–Trinajstić information content (AvgIpc) is 3.30. The Bertz CT molecular complexity index is 1600. The highest BCUT2D eigenvalue weighted by Crippen LogP contribution is 2.32. The number of nitrogens with zero attached hydrogens (tertiary/aromatic N) is 2. The van der Waals surface area contributed by atoms with E-state index in [1.54, 1.807) is 44.2 Å². The van der Waals surface area contributed by atoms with Gasteiger partial charge in [0.15, 0.2) is 5.13 Å². The van der Waals surface area contributed by atoms with Gasteiger partial charge in [-0.15, -0.1) is 0 Å². The van der Waals surface area contributed by atoms with Crippen LogP contribution >= 0.6 is 11.3 Å². The molecule has 2 aromatic carbocycles. The van der Waals surface area contributed by atoms with Crippen molar-refractivity contribution in [3.05, 3.63) is 96.0 Å². The minimum absolute atomic E-state index is 0.132. The van der Waals surface area contributed by atoms with Crippen molar-refractivity contribution >= 4 is 44.3 Å². The van der Waals surface area contributed by atoms with Crippen LogP contribution in [-0.4, -0.2) is 21.8 Å². The van der Waals surface area contributed by atoms with Gasteiger partial charge in [0.25, 0.3) is 11.8 Å². The molecule has 0 fully saturated rings. The van der Waals surface area contributed by atoms with Gasteiger partial charge in [-0.2, -0.15) is 13.2 Å². The van der Waals surface area contributed by atoms with Crippen LogP contribution in [0.25, 0.3) is 10.3 Å². The first-order valence-corrected chi connectivity index (χ1v) is 12.1. The Hall–Kier alpha value is -4.71. The quantitative estimate of drug-likeness (QED) is 0.179. The molecular formula is C27H21F3N4O4S. The van der Waals surface area contributed by atoms with Gasteiger partial charge < -0.3 is 14.8 Å². The molecule has 0 aliphatic heterocycles. The highest BCUT2D eigenvalue weighted by Gasteiger charge is 2.31. The smallest absolute Gasteiger partial charge is 0.416 e. The van der Waals surface area contributed by atoms with Crippen LogP contribution in [0.3, 0.4) is 0 Å². The molecule has 8 nitrogen and oxygen atoms in total. The van der Waals surface area contributed by atoms with E-state index in [0.29, 0.717) is 32.5 Å². The average molecular weight is 555 g/mol. The number of fused-ring (bicyclic) bond motifs is 1. The maximum atomic E-state index is 13.0. The third-order valence-electron chi connectivity index (χ3n) is 5.26. The summed E-state index contributed by atoms with van der Waals surface area (Å²) in [7, 11) is 0. The summed E-state index contributed by atoms with van der Waals surface area (Å²) in [5.41, 5.74) is 0.878. The number of aryl methyl sites for hydroxylation is 1. The summed E-state index contributed by atoms with van der Waals surface area (Å²) in [6.07, 6.45) is -2.10. The number of carbonyl (C=O) groups excluding carboxylic acids is 2. The van der Waals surface area contributed by atoms with E-state index >= 15 is 0 Å². The molecule has 4 aromatic rings. The van der Waals surface area contributed by atoms with Gasteiger partial charge in [-0.3, -0.25) is 14.9 Å². The van der Waals surface area contributed by atoms with Gasteiger partial charge >= 0.3 is 6.18 Å². The van der Waals surface area contributed by atoms with E-state index in [-0.39, 0.29) is 11.4 Å². The van der Waals surface area contributed by atoms with Gasteiger partial charge in [0.2, 0.25) is 5.88 Å². The summed E-state index contributed by atoms with van der Waals surface area (Å²) < 4.78 is 49.8. The second kappa shape index (κ2) is 11.4. The SMILES string of the molecule is C=CO/C=C(\C)C(=O)Nc1nc2ccc(Oc3cc(NC(=O)c4cccc(C(F)(F)F)c4)ccc3C)nc2s1. The standard InChI is InChI=1S/C27H21F3N4O4S/c1-4-37-14-16(3)23(35)34-26-32-20-10-11-22(33-25(20)39-26)38-21-13-19(9-8-15(21)2)31-24(36)17-6-5-7-18(12-17)27(28,29)30/h4-14H,1H2,2-3H3,(H,31,36)(H,32,34,35)/b16-14+. The zero-order valence-corrected chi connectivity index (χ0v) is 21.4. The Morgan fingerprint density at radius 2 is 1.85 bits per heavy atom. The van der Waals surface area contributed by atoms with Crippen LogP contribution in [-0.2, 0) is 15.7 Å². The van der Waals surface area contributed by atoms with E-state index in [0.717, 1.165) is 29.0 Å². The Kier molecular flexibility index (Phi) is 7.96. The predicted octanol–water partition coefficient (Wildman–Crippen LogP) is 7.07. The van der Waals surface area contributed by atoms with Gasteiger partial charge in [-0.1, -0.05) is 30.0 Å². The van der Waals surface area contributed by atoms with Gasteiger partial charge in [0.05, 0.1) is 18.1 Å². The number of aromatic nitrogens is 2. The number of hydrogen-bond acceptors (Lipinski definition) is 7. The number of pyridine rings is 1. The number of anilines is 2. The zero-order chi connectivity index (χ0) is 28.2. The predicted molar refractivity (Wildman–Crippen MR) is 142 cm³/mol. The van der Waals surface area contributed by atoms with Crippen molar-refractivity contribution in [3.63, 3.8) is 0 Å². The van der Waals surface area contributed by atoms with Crippen molar-refractivity contribution in [2.24, 2.45) is 0 Å². The number of halogens is 3. The molecule has 2 aromatic heterocycles. The minimum atomic E-state index is -4.56. The molecule has 12 heteroatoms. The Morgan fingerprint density at radius 3 is 2.59 bits per heavy atom. The van der Waals surface area contributed by atoms with Crippen LogP contribution < -0.4 is 15.4 Å². The second-order valence-electron chi connectivity index (χ2n) is 8.17. The lowest BCUT2D eigenvalue weighted by Gasteiger charge is -2.12. The largest absolute Gasteiger partial charge is 0.473 e. The van der Waals surface area contributed by atoms with Crippen LogP contribution in [0, 0.1) is 6.92 Å². The van der Waals surface area contributed by atoms with E-state index < -0.39 is 23.6 Å². The molecular weight excluding hydrogens is 533 g/mol. The van der Waals surface area contributed by atoms with Crippen molar-refractivity contribution in [2.75, 3.05) is 10.6 Å². The summed E-state index contributed by atoms with van der Waals surface area (Å²) in [6, 6.07) is 12.3. The lowest BCUT2D eigenvalue weighted by atomic mass is 10.1. The van der Waals surface area contributed by atoms with Gasteiger partial charge in [0, 0.05) is 29.0 Å². The molecule has 2 heterocycles. The number of rotatable bonds is 8. The number of ether oxygens (including phenoxy) is 2. The number of alkyl halides is 3. The molecule has 0 aliphatic carbocycles. The molecule has 2 N–H and O–H groups in total. The number of carbonyl (C=O) groups is 2. The molecule has 0 aliphatic rings. The van der Waals surface area contributed by atoms with Crippen molar-refractivity contribution in [1.82, 2.24) is 9.97 Å². The summed E-state index contributed by atoms with van der Waals surface area (Å²) in [6.45, 7) is 6.78. The molecule has 0 unspecified atom stereocenters. The van der Waals surface area contributed by atoms with Gasteiger partial charge in [0.1, 0.15) is 16.1 Å². The van der Waals surface area contributed by atoms with Crippen molar-refractivity contribution < 1.29 is 32.2 Å². The molecule has 0 saturated carbocycles. The Balaban J connectivity index is 1.49. The number of hydrogen-bond donors (Lipinski definition) is 2. The number of thiazole rings is 1. The zero-order valence-electron chi connectivity index (χ0n) is 20.6. The fourth-order valence-electron chi connectivity index (χ4n) is 3.25. The Morgan fingerprint density at radius 1 is 1.05 bits per heavy atom. The number of benzene rings is 2. The lowest BCUT2D eigenvalue weighted by Crippen LogP contribution is -2.14. The number of amides is 2. The Labute approximate surface area is 224 Å². The molecule has 0 atom stereocenters. The first kappa shape index (κ1) is 27.3. The van der Waals surface area contributed by atoms with Crippen molar-refractivity contribution in [1.29, 1.82) is 0 Å². The van der Waals surface area contributed by atoms with Crippen LogP contribution in [0.2, 0.25) is 0 Å². The summed E-state index contributed by atoms with van der Waals surface area (Å²) in [4.78, 5) is 34.1. The second-order valence-corrected chi connectivity index (χ2v) is 9.14. The van der Waals surface area contributed by atoms with Crippen LogP contribution in [0.15, 0.2) is 79.3 Å². The molecule has 0 radical (unpaired) electrons. The molecule has 4 rings (SSSR count). The maximum absolute atomic E-state index is 13.0. The monoisotopic (exact) mass is 554 g/mol. The maximum Gasteiger partial charge on any atom is 0.416 e. The van der Waals surface area contributed by atoms with Crippen molar-refractivity contribution in [3.8, 4) is 11.6 Å². The minimum Gasteiger partial charge on any atom is -0.473 e. The van der Waals surface area contributed by atoms with Crippen LogP contribution in [0.4, 0.5) is 24.0 Å². The van der Waals surface area contributed by atoms with E-state index in [2.05, 4.69) is 27.2 Å². The third-order valence-corrected chi connectivity index (χ3v) is 6.14. The molecule has 200 valence electrons. The van der Waals surface area contributed by atoms with E-state index in [9.17, 15) is 22.8 Å². The first-order valence-electron chi connectivity index (χ1n) is 11.3. The normalized spacial score (nSPS) is 11.7. The van der Waals surface area contributed by atoms with Crippen LogP contribution in [0.1, 0.15) is 28.4 Å². The van der Waals surface area contributed by atoms with Gasteiger partial charge in [-0.25, -0.2) is 9.97 Å². The topological polar surface area (TPSA) is 102 Å². The molecule has 0 saturated heterocycles. The number of nitrogens with one attached hydrogen (secondary N) is 2. The molecule has 0 bridgehead atoms. The van der Waals surface area contributed by atoms with E-state index in [1.165, 1.54) is 24.7 Å². The summed E-state index contributed by atoms with van der Waals surface area (Å²) in [5.74, 6) is -0.475. The van der Waals surface area contributed by atoms with E-state index in [4.69, 9.17) is 9.47 Å². The summed E-state index contributed by atoms with van der Waals surface area (Å²) in [5, 5.41) is 5.60. The van der Waals surface area contributed by atoms with E-state index in [1.807, 2.05) is 0 Å². The third kappa shape index (κ3) is 6.79. The molecule has 39 heavy (non-hydrogen) atoms. The highest BCUT2D eigenvalue weighted by atomic mass is 32.1.